The van der Waals surface area contributed by atoms with Crippen molar-refractivity contribution >= 4 is 11.6 Å². The van der Waals surface area contributed by atoms with Crippen LogP contribution in [0.5, 0.6) is 0 Å². The van der Waals surface area contributed by atoms with Gasteiger partial charge in [0.05, 0.1) is 11.9 Å². The molecule has 1 aromatic carbocycles. The summed E-state index contributed by atoms with van der Waals surface area (Å²) in [7, 11) is 0. The Labute approximate surface area is 137 Å². The number of pyridine rings is 1. The number of amides is 1. The monoisotopic (exact) mass is 309 g/mol. The smallest absolute Gasteiger partial charge is 0.270 e. The van der Waals surface area contributed by atoms with Crippen LogP contribution in [0.25, 0.3) is 0 Å². The van der Waals surface area contributed by atoms with Gasteiger partial charge in [0.25, 0.3) is 5.91 Å². The molecular formula is C19H23N3O. The van der Waals surface area contributed by atoms with Crippen molar-refractivity contribution in [1.82, 2.24) is 10.3 Å². The van der Waals surface area contributed by atoms with E-state index in [1.807, 2.05) is 6.07 Å². The zero-order valence-corrected chi connectivity index (χ0v) is 13.5. The largest absolute Gasteiger partial charge is 0.380 e. The van der Waals surface area contributed by atoms with Crippen LogP contribution in [0.4, 0.5) is 5.69 Å². The highest BCUT2D eigenvalue weighted by atomic mass is 16.1. The highest BCUT2D eigenvalue weighted by molar-refractivity contribution is 5.92. The summed E-state index contributed by atoms with van der Waals surface area (Å²) >= 11 is 0. The summed E-state index contributed by atoms with van der Waals surface area (Å²) in [6.07, 6.45) is 6.31. The molecule has 4 heteroatoms. The van der Waals surface area contributed by atoms with E-state index in [4.69, 9.17) is 0 Å². The summed E-state index contributed by atoms with van der Waals surface area (Å²) in [6.45, 7) is 2.83. The zero-order chi connectivity index (χ0) is 16.1. The highest BCUT2D eigenvalue weighted by Crippen LogP contribution is 2.18. The molecule has 0 bridgehead atoms. The number of carbonyl (C=O) groups is 1. The van der Waals surface area contributed by atoms with Gasteiger partial charge in [-0.05, 0) is 37.5 Å². The standard InChI is InChI=1S/C19H23N3O/c1-14-5-4-6-15(11-14)12-20-17-9-10-18(21-13-17)19(23)22-16-7-2-3-8-16/h4-6,9-11,13,16,20H,2-3,7-8,12H2,1H3,(H,22,23). The predicted molar refractivity (Wildman–Crippen MR) is 92.5 cm³/mol. The van der Waals surface area contributed by atoms with Gasteiger partial charge in [0.15, 0.2) is 0 Å². The van der Waals surface area contributed by atoms with E-state index >= 15 is 0 Å². The first-order valence-corrected chi connectivity index (χ1v) is 8.27. The van der Waals surface area contributed by atoms with Crippen LogP contribution in [0.1, 0.15) is 47.3 Å². The first-order valence-electron chi connectivity index (χ1n) is 8.27. The van der Waals surface area contributed by atoms with Crippen molar-refractivity contribution in [3.63, 3.8) is 0 Å². The molecule has 1 aliphatic carbocycles. The molecule has 0 radical (unpaired) electrons. The Morgan fingerprint density at radius 2 is 2.04 bits per heavy atom. The van der Waals surface area contributed by atoms with E-state index in [0.717, 1.165) is 25.1 Å². The summed E-state index contributed by atoms with van der Waals surface area (Å²) < 4.78 is 0. The van der Waals surface area contributed by atoms with E-state index in [1.165, 1.54) is 24.0 Å². The number of rotatable bonds is 5. The zero-order valence-electron chi connectivity index (χ0n) is 13.5. The van der Waals surface area contributed by atoms with Crippen LogP contribution in [0.3, 0.4) is 0 Å². The second-order valence-electron chi connectivity index (χ2n) is 6.23. The maximum absolute atomic E-state index is 12.1. The Bertz CT molecular complexity index is 661. The van der Waals surface area contributed by atoms with Crippen LogP contribution in [0.15, 0.2) is 42.6 Å². The van der Waals surface area contributed by atoms with Crippen LogP contribution in [0, 0.1) is 6.92 Å². The summed E-state index contributed by atoms with van der Waals surface area (Å²) in [5.74, 6) is -0.0675. The van der Waals surface area contributed by atoms with Crippen molar-refractivity contribution in [1.29, 1.82) is 0 Å². The van der Waals surface area contributed by atoms with Gasteiger partial charge in [-0.2, -0.15) is 0 Å². The molecule has 1 fully saturated rings. The predicted octanol–water partition coefficient (Wildman–Crippen LogP) is 3.67. The highest BCUT2D eigenvalue weighted by Gasteiger charge is 2.18. The van der Waals surface area contributed by atoms with E-state index in [-0.39, 0.29) is 5.91 Å². The van der Waals surface area contributed by atoms with E-state index in [2.05, 4.69) is 46.8 Å². The number of hydrogen-bond acceptors (Lipinski definition) is 3. The topological polar surface area (TPSA) is 54.0 Å². The number of anilines is 1. The third-order valence-corrected chi connectivity index (χ3v) is 4.27. The third kappa shape index (κ3) is 4.31. The molecule has 1 saturated carbocycles. The fourth-order valence-electron chi connectivity index (χ4n) is 2.99. The Balaban J connectivity index is 1.55. The molecule has 2 N–H and O–H groups in total. The number of carbonyl (C=O) groups excluding carboxylic acids is 1. The first kappa shape index (κ1) is 15.5. The molecule has 1 amide bonds. The minimum atomic E-state index is -0.0675. The third-order valence-electron chi connectivity index (χ3n) is 4.27. The average Bonchev–Trinajstić information content (AvgIpc) is 3.06. The van der Waals surface area contributed by atoms with Crippen molar-refractivity contribution < 1.29 is 4.79 Å². The lowest BCUT2D eigenvalue weighted by atomic mass is 10.1. The summed E-state index contributed by atoms with van der Waals surface area (Å²) in [6, 6.07) is 12.4. The number of aryl methyl sites for hydroxylation is 1. The number of hydrogen-bond donors (Lipinski definition) is 2. The van der Waals surface area contributed by atoms with Crippen LogP contribution in [-0.2, 0) is 6.54 Å². The lowest BCUT2D eigenvalue weighted by molar-refractivity contribution is 0.0933. The summed E-state index contributed by atoms with van der Waals surface area (Å²) in [4.78, 5) is 16.4. The molecule has 1 aliphatic rings. The van der Waals surface area contributed by atoms with Crippen LogP contribution >= 0.6 is 0 Å². The van der Waals surface area contributed by atoms with Gasteiger partial charge in [-0.3, -0.25) is 4.79 Å². The Kier molecular flexibility index (Phi) is 4.91. The molecule has 0 saturated heterocycles. The maximum Gasteiger partial charge on any atom is 0.270 e. The quantitative estimate of drug-likeness (QED) is 0.886. The molecule has 0 unspecified atom stereocenters. The molecule has 0 aliphatic heterocycles. The van der Waals surface area contributed by atoms with Crippen molar-refractivity contribution in [2.45, 2.75) is 45.2 Å². The van der Waals surface area contributed by atoms with Gasteiger partial charge in [-0.25, -0.2) is 4.98 Å². The molecule has 3 rings (SSSR count). The van der Waals surface area contributed by atoms with Crippen molar-refractivity contribution in [3.05, 3.63) is 59.4 Å². The van der Waals surface area contributed by atoms with Gasteiger partial charge >= 0.3 is 0 Å². The number of benzene rings is 1. The second kappa shape index (κ2) is 7.27. The van der Waals surface area contributed by atoms with Gasteiger partial charge in [-0.1, -0.05) is 42.7 Å². The molecule has 1 aromatic heterocycles. The van der Waals surface area contributed by atoms with Crippen molar-refractivity contribution in [2.75, 3.05) is 5.32 Å². The maximum atomic E-state index is 12.1. The molecule has 23 heavy (non-hydrogen) atoms. The van der Waals surface area contributed by atoms with Gasteiger partial charge in [0.2, 0.25) is 0 Å². The van der Waals surface area contributed by atoms with Gasteiger partial charge in [-0.15, -0.1) is 0 Å². The van der Waals surface area contributed by atoms with E-state index in [0.29, 0.717) is 11.7 Å². The molecule has 0 spiro atoms. The average molecular weight is 309 g/mol. The molecule has 2 aromatic rings. The minimum absolute atomic E-state index is 0.0675. The molecule has 4 nitrogen and oxygen atoms in total. The Morgan fingerprint density at radius 1 is 1.22 bits per heavy atom. The van der Waals surface area contributed by atoms with Gasteiger partial charge in [0.1, 0.15) is 5.69 Å². The van der Waals surface area contributed by atoms with E-state index in [1.54, 1.807) is 12.3 Å². The molecular weight excluding hydrogens is 286 g/mol. The normalized spacial score (nSPS) is 14.7. The lowest BCUT2D eigenvalue weighted by Crippen LogP contribution is -2.33. The van der Waals surface area contributed by atoms with Crippen molar-refractivity contribution in [3.8, 4) is 0 Å². The number of nitrogens with one attached hydrogen (secondary N) is 2. The van der Waals surface area contributed by atoms with Gasteiger partial charge in [0, 0.05) is 12.6 Å². The summed E-state index contributed by atoms with van der Waals surface area (Å²) in [5, 5.41) is 6.39. The molecule has 0 atom stereocenters. The Morgan fingerprint density at radius 3 is 2.74 bits per heavy atom. The van der Waals surface area contributed by atoms with Crippen molar-refractivity contribution in [2.24, 2.45) is 0 Å². The van der Waals surface area contributed by atoms with Crippen LogP contribution in [-0.4, -0.2) is 16.9 Å². The first-order chi connectivity index (χ1) is 11.2. The summed E-state index contributed by atoms with van der Waals surface area (Å²) in [5.41, 5.74) is 3.89. The van der Waals surface area contributed by atoms with Crippen LogP contribution < -0.4 is 10.6 Å². The number of aromatic nitrogens is 1. The van der Waals surface area contributed by atoms with E-state index in [9.17, 15) is 4.79 Å². The fraction of sp³-hybridized carbons (Fsp3) is 0.368. The second-order valence-corrected chi connectivity index (χ2v) is 6.23. The fourth-order valence-corrected chi connectivity index (χ4v) is 2.99. The SMILES string of the molecule is Cc1cccc(CNc2ccc(C(=O)NC3CCCC3)nc2)c1. The van der Waals surface area contributed by atoms with E-state index < -0.39 is 0 Å². The Hall–Kier alpha value is -2.36. The lowest BCUT2D eigenvalue weighted by Gasteiger charge is -2.12. The molecule has 120 valence electrons. The van der Waals surface area contributed by atoms with Crippen LogP contribution in [0.2, 0.25) is 0 Å². The molecule has 1 heterocycles. The minimum Gasteiger partial charge on any atom is -0.380 e. The van der Waals surface area contributed by atoms with Gasteiger partial charge < -0.3 is 10.6 Å². The number of nitrogens with zero attached hydrogens (tertiary/aromatic N) is 1.